The van der Waals surface area contributed by atoms with E-state index in [1.807, 2.05) is 24.1 Å². The van der Waals surface area contributed by atoms with E-state index in [1.54, 1.807) is 0 Å². The molecule has 3 nitrogen and oxygen atoms in total. The van der Waals surface area contributed by atoms with Gasteiger partial charge >= 0.3 is 0 Å². The first-order valence-corrected chi connectivity index (χ1v) is 7.92. The van der Waals surface area contributed by atoms with Crippen molar-refractivity contribution in [3.63, 3.8) is 0 Å². The van der Waals surface area contributed by atoms with E-state index in [-0.39, 0.29) is 17.9 Å². The molecule has 4 heteroatoms. The van der Waals surface area contributed by atoms with Crippen molar-refractivity contribution in [3.05, 3.63) is 34.3 Å². The molecule has 0 spiro atoms. The van der Waals surface area contributed by atoms with Gasteiger partial charge in [0.05, 0.1) is 6.10 Å². The maximum atomic E-state index is 12.2. The number of hydrogen-bond acceptors (Lipinski definition) is 2. The summed E-state index contributed by atoms with van der Waals surface area (Å²) in [6.45, 7) is 2.85. The minimum Gasteiger partial charge on any atom is -0.393 e. The third-order valence-electron chi connectivity index (χ3n) is 4.09. The summed E-state index contributed by atoms with van der Waals surface area (Å²) >= 11 is 3.42. The molecule has 1 aliphatic rings. The van der Waals surface area contributed by atoms with Gasteiger partial charge in [0.2, 0.25) is 5.91 Å². The molecule has 110 valence electrons. The van der Waals surface area contributed by atoms with Gasteiger partial charge in [-0.2, -0.15) is 0 Å². The molecule has 2 rings (SSSR count). The van der Waals surface area contributed by atoms with Gasteiger partial charge in [0.25, 0.3) is 0 Å². The number of aliphatic hydroxyl groups is 1. The van der Waals surface area contributed by atoms with Crippen LogP contribution in [0.2, 0.25) is 0 Å². The van der Waals surface area contributed by atoms with Crippen LogP contribution in [0, 0.1) is 5.92 Å². The van der Waals surface area contributed by atoms with Crippen LogP contribution in [0.5, 0.6) is 0 Å². The normalized spacial score (nSPS) is 23.0. The summed E-state index contributed by atoms with van der Waals surface area (Å²) in [5.41, 5.74) is 1.19. The second kappa shape index (κ2) is 6.72. The summed E-state index contributed by atoms with van der Waals surface area (Å²) in [6, 6.07) is 8.14. The van der Waals surface area contributed by atoms with Crippen molar-refractivity contribution in [1.82, 2.24) is 4.90 Å². The minimum absolute atomic E-state index is 0.148. The Kier molecular flexibility index (Phi) is 5.22. The molecule has 0 saturated heterocycles. The van der Waals surface area contributed by atoms with Crippen LogP contribution in [-0.4, -0.2) is 35.6 Å². The van der Waals surface area contributed by atoms with Crippen LogP contribution in [0.4, 0.5) is 0 Å². The highest BCUT2D eigenvalue weighted by Gasteiger charge is 2.29. The van der Waals surface area contributed by atoms with Gasteiger partial charge in [-0.25, -0.2) is 0 Å². The van der Waals surface area contributed by atoms with Gasteiger partial charge in [0, 0.05) is 24.5 Å². The average Bonchev–Trinajstić information content (AvgIpc) is 2.37. The highest BCUT2D eigenvalue weighted by atomic mass is 79.9. The highest BCUT2D eigenvalue weighted by molar-refractivity contribution is 9.10. The summed E-state index contributed by atoms with van der Waals surface area (Å²) in [7, 11) is 1.86. The fourth-order valence-electron chi connectivity index (χ4n) is 2.67. The van der Waals surface area contributed by atoms with Gasteiger partial charge in [0.1, 0.15) is 0 Å². The molecular formula is C16H22BrNO2. The van der Waals surface area contributed by atoms with Gasteiger partial charge in [-0.1, -0.05) is 35.0 Å². The van der Waals surface area contributed by atoms with Crippen molar-refractivity contribution in [1.29, 1.82) is 0 Å². The molecule has 0 aromatic heterocycles. The van der Waals surface area contributed by atoms with Gasteiger partial charge in [-0.15, -0.1) is 0 Å². The van der Waals surface area contributed by atoms with Gasteiger partial charge in [-0.05, 0) is 42.4 Å². The maximum absolute atomic E-state index is 12.2. The molecule has 0 radical (unpaired) electrons. The van der Waals surface area contributed by atoms with E-state index in [1.165, 1.54) is 5.56 Å². The number of hydrogen-bond donors (Lipinski definition) is 1. The molecule has 1 aromatic carbocycles. The second-order valence-electron chi connectivity index (χ2n) is 5.92. The van der Waals surface area contributed by atoms with Crippen LogP contribution in [0.25, 0.3) is 0 Å². The zero-order valence-electron chi connectivity index (χ0n) is 12.1. The Morgan fingerprint density at radius 3 is 2.55 bits per heavy atom. The molecular weight excluding hydrogens is 318 g/mol. The number of amides is 1. The summed E-state index contributed by atoms with van der Waals surface area (Å²) in [6.07, 6.45) is 2.05. The predicted molar refractivity (Wildman–Crippen MR) is 83.5 cm³/mol. The fourth-order valence-corrected chi connectivity index (χ4v) is 2.93. The number of rotatable bonds is 5. The summed E-state index contributed by atoms with van der Waals surface area (Å²) in [5.74, 6) is 0.883. The largest absolute Gasteiger partial charge is 0.393 e. The van der Waals surface area contributed by atoms with E-state index in [0.717, 1.165) is 23.9 Å². The molecule has 0 heterocycles. The lowest BCUT2D eigenvalue weighted by Crippen LogP contribution is -2.39. The second-order valence-corrected chi connectivity index (χ2v) is 6.84. The molecule has 1 amide bonds. The Bertz CT molecular complexity index is 454. The Morgan fingerprint density at radius 2 is 2.00 bits per heavy atom. The third-order valence-corrected chi connectivity index (χ3v) is 4.62. The van der Waals surface area contributed by atoms with E-state index < -0.39 is 0 Å². The number of carbonyl (C=O) groups is 1. The molecule has 1 aliphatic carbocycles. The van der Waals surface area contributed by atoms with E-state index >= 15 is 0 Å². The average molecular weight is 340 g/mol. The smallest absolute Gasteiger partial charge is 0.222 e. The Morgan fingerprint density at radius 1 is 1.40 bits per heavy atom. The highest BCUT2D eigenvalue weighted by Crippen LogP contribution is 2.28. The Labute approximate surface area is 129 Å². The maximum Gasteiger partial charge on any atom is 0.222 e. The van der Waals surface area contributed by atoms with Gasteiger partial charge in [-0.3, -0.25) is 4.79 Å². The number of carbonyl (C=O) groups excluding carboxylic acids is 1. The molecule has 1 aromatic rings. The van der Waals surface area contributed by atoms with Gasteiger partial charge < -0.3 is 10.0 Å². The van der Waals surface area contributed by atoms with Crippen LogP contribution in [0.3, 0.4) is 0 Å². The molecule has 1 saturated carbocycles. The first kappa shape index (κ1) is 15.5. The lowest BCUT2D eigenvalue weighted by molar-refractivity contribution is -0.131. The molecule has 1 atom stereocenters. The Hall–Kier alpha value is -0.870. The number of halogens is 1. The lowest BCUT2D eigenvalue weighted by Gasteiger charge is -2.34. The predicted octanol–water partition coefficient (Wildman–Crippen LogP) is 3.17. The quantitative estimate of drug-likeness (QED) is 0.894. The van der Waals surface area contributed by atoms with Crippen molar-refractivity contribution in [3.8, 4) is 0 Å². The Balaban J connectivity index is 1.82. The first-order chi connectivity index (χ1) is 9.45. The summed E-state index contributed by atoms with van der Waals surface area (Å²) < 4.78 is 1.06. The number of aliphatic hydroxyl groups excluding tert-OH is 1. The molecule has 1 N–H and O–H groups in total. The standard InChI is InChI=1S/C16H22BrNO2/c1-11(13-3-5-14(17)6-4-13)7-16(20)18(2)10-12-8-15(19)9-12/h3-6,11-12,15,19H,7-10H2,1-2H3. The van der Waals surface area contributed by atoms with Crippen molar-refractivity contribution >= 4 is 21.8 Å². The van der Waals surface area contributed by atoms with E-state index in [4.69, 9.17) is 0 Å². The minimum atomic E-state index is -0.148. The first-order valence-electron chi connectivity index (χ1n) is 7.13. The molecule has 1 fully saturated rings. The third kappa shape index (κ3) is 4.06. The molecule has 0 aliphatic heterocycles. The fraction of sp³-hybridized carbons (Fsp3) is 0.562. The van der Waals surface area contributed by atoms with E-state index in [0.29, 0.717) is 12.3 Å². The van der Waals surface area contributed by atoms with E-state index in [2.05, 4.69) is 35.0 Å². The SMILES string of the molecule is CC(CC(=O)N(C)CC1CC(O)C1)c1ccc(Br)cc1. The summed E-state index contributed by atoms with van der Waals surface area (Å²) in [5, 5.41) is 9.28. The zero-order chi connectivity index (χ0) is 14.7. The van der Waals surface area contributed by atoms with E-state index in [9.17, 15) is 9.90 Å². The van der Waals surface area contributed by atoms with Crippen LogP contribution in [0.1, 0.15) is 37.7 Å². The summed E-state index contributed by atoms with van der Waals surface area (Å²) in [4.78, 5) is 14.0. The molecule has 20 heavy (non-hydrogen) atoms. The van der Waals surface area contributed by atoms with Crippen molar-refractivity contribution in [2.75, 3.05) is 13.6 Å². The lowest BCUT2D eigenvalue weighted by atomic mass is 9.82. The molecule has 0 bridgehead atoms. The zero-order valence-corrected chi connectivity index (χ0v) is 13.6. The van der Waals surface area contributed by atoms with Crippen molar-refractivity contribution < 1.29 is 9.90 Å². The van der Waals surface area contributed by atoms with Crippen LogP contribution >= 0.6 is 15.9 Å². The number of nitrogens with zero attached hydrogens (tertiary/aromatic N) is 1. The van der Waals surface area contributed by atoms with Gasteiger partial charge in [0.15, 0.2) is 0 Å². The van der Waals surface area contributed by atoms with Crippen molar-refractivity contribution in [2.45, 2.75) is 38.2 Å². The monoisotopic (exact) mass is 339 g/mol. The van der Waals surface area contributed by atoms with Crippen molar-refractivity contribution in [2.24, 2.45) is 5.92 Å². The number of benzene rings is 1. The van der Waals surface area contributed by atoms with Crippen LogP contribution in [-0.2, 0) is 4.79 Å². The topological polar surface area (TPSA) is 40.5 Å². The molecule has 1 unspecified atom stereocenters. The van der Waals surface area contributed by atoms with Crippen LogP contribution < -0.4 is 0 Å². The van der Waals surface area contributed by atoms with Crippen LogP contribution in [0.15, 0.2) is 28.7 Å².